The van der Waals surface area contributed by atoms with Crippen LogP contribution in [0.4, 0.5) is 0 Å². The van der Waals surface area contributed by atoms with Crippen molar-refractivity contribution in [3.05, 3.63) is 0 Å². The third-order valence-electron chi connectivity index (χ3n) is 3.17. The number of nitrogens with zero attached hydrogens (tertiary/aromatic N) is 1. The van der Waals surface area contributed by atoms with Crippen LogP contribution in [0.1, 0.15) is 12.8 Å². The Hall–Kier alpha value is -0.980. The first-order valence-electron chi connectivity index (χ1n) is 6.02. The standard InChI is InChI=1S/C11H19N3O3/c1-14-4-5-17-8(7-14)6-12-9-2-3-10(15)13-11(9)16/h8-9,12H,2-7H2,1H3,(H,13,15,16). The molecule has 2 rings (SSSR count). The number of morpholine rings is 1. The van der Waals surface area contributed by atoms with Crippen LogP contribution in [0.3, 0.4) is 0 Å². The van der Waals surface area contributed by atoms with Gasteiger partial charge in [0.05, 0.1) is 18.8 Å². The number of likely N-dealkylation sites (N-methyl/N-ethyl adjacent to an activating group) is 1. The molecule has 6 nitrogen and oxygen atoms in total. The normalized spacial score (nSPS) is 31.4. The molecule has 2 N–H and O–H groups in total. The molecule has 0 spiro atoms. The smallest absolute Gasteiger partial charge is 0.243 e. The largest absolute Gasteiger partial charge is 0.374 e. The van der Waals surface area contributed by atoms with Gasteiger partial charge >= 0.3 is 0 Å². The Balaban J connectivity index is 1.74. The maximum Gasteiger partial charge on any atom is 0.243 e. The Bertz CT molecular complexity index is 308. The molecule has 0 bridgehead atoms. The molecule has 17 heavy (non-hydrogen) atoms. The zero-order chi connectivity index (χ0) is 12.3. The van der Waals surface area contributed by atoms with Crippen molar-refractivity contribution in [2.24, 2.45) is 0 Å². The Labute approximate surface area is 101 Å². The lowest BCUT2D eigenvalue weighted by Gasteiger charge is -2.31. The van der Waals surface area contributed by atoms with Crippen molar-refractivity contribution in [2.45, 2.75) is 25.0 Å². The second kappa shape index (κ2) is 5.57. The number of nitrogens with one attached hydrogen (secondary N) is 2. The maximum absolute atomic E-state index is 11.5. The number of hydrogen-bond acceptors (Lipinski definition) is 5. The summed E-state index contributed by atoms with van der Waals surface area (Å²) in [4.78, 5) is 24.7. The van der Waals surface area contributed by atoms with Gasteiger partial charge in [-0.1, -0.05) is 0 Å². The average Bonchev–Trinajstić information content (AvgIpc) is 2.28. The molecule has 0 aliphatic carbocycles. The third-order valence-corrected chi connectivity index (χ3v) is 3.17. The summed E-state index contributed by atoms with van der Waals surface area (Å²) in [6, 6.07) is -0.261. The fourth-order valence-corrected chi connectivity index (χ4v) is 2.15. The fourth-order valence-electron chi connectivity index (χ4n) is 2.15. The Morgan fingerprint density at radius 1 is 1.53 bits per heavy atom. The van der Waals surface area contributed by atoms with Gasteiger partial charge in [0.1, 0.15) is 0 Å². The number of imide groups is 1. The molecule has 0 saturated carbocycles. The molecule has 2 atom stereocenters. The zero-order valence-corrected chi connectivity index (χ0v) is 10.1. The minimum absolute atomic E-state index is 0.124. The quantitative estimate of drug-likeness (QED) is 0.602. The van der Waals surface area contributed by atoms with E-state index in [0.29, 0.717) is 19.4 Å². The molecule has 2 aliphatic heterocycles. The number of hydrogen-bond donors (Lipinski definition) is 2. The minimum Gasteiger partial charge on any atom is -0.374 e. The monoisotopic (exact) mass is 241 g/mol. The van der Waals surface area contributed by atoms with Crippen LogP contribution in [0.25, 0.3) is 0 Å². The lowest BCUT2D eigenvalue weighted by Crippen LogP contribution is -2.54. The fraction of sp³-hybridized carbons (Fsp3) is 0.818. The molecule has 2 heterocycles. The molecule has 2 unspecified atom stereocenters. The highest BCUT2D eigenvalue weighted by Crippen LogP contribution is 2.06. The molecule has 6 heteroatoms. The highest BCUT2D eigenvalue weighted by molar-refractivity contribution is 6.00. The van der Waals surface area contributed by atoms with E-state index in [-0.39, 0.29) is 24.0 Å². The van der Waals surface area contributed by atoms with Crippen molar-refractivity contribution < 1.29 is 14.3 Å². The lowest BCUT2D eigenvalue weighted by molar-refractivity contribution is -0.134. The Morgan fingerprint density at radius 3 is 3.06 bits per heavy atom. The predicted molar refractivity (Wildman–Crippen MR) is 61.4 cm³/mol. The van der Waals surface area contributed by atoms with E-state index in [9.17, 15) is 9.59 Å². The zero-order valence-electron chi connectivity index (χ0n) is 10.1. The van der Waals surface area contributed by atoms with Crippen LogP contribution >= 0.6 is 0 Å². The van der Waals surface area contributed by atoms with E-state index < -0.39 is 0 Å². The van der Waals surface area contributed by atoms with Crippen molar-refractivity contribution in [3.8, 4) is 0 Å². The van der Waals surface area contributed by atoms with Crippen molar-refractivity contribution >= 4 is 11.8 Å². The van der Waals surface area contributed by atoms with E-state index in [1.165, 1.54) is 0 Å². The van der Waals surface area contributed by atoms with E-state index in [0.717, 1.165) is 19.7 Å². The van der Waals surface area contributed by atoms with Gasteiger partial charge in [0, 0.05) is 26.1 Å². The van der Waals surface area contributed by atoms with Crippen LogP contribution in [0.2, 0.25) is 0 Å². The molecule has 0 aromatic carbocycles. The summed E-state index contributed by atoms with van der Waals surface area (Å²) < 4.78 is 5.59. The highest BCUT2D eigenvalue weighted by atomic mass is 16.5. The number of rotatable bonds is 3. The van der Waals surface area contributed by atoms with Gasteiger partial charge in [-0.2, -0.15) is 0 Å². The van der Waals surface area contributed by atoms with Crippen LogP contribution in [0, 0.1) is 0 Å². The molecule has 96 valence electrons. The van der Waals surface area contributed by atoms with E-state index >= 15 is 0 Å². The van der Waals surface area contributed by atoms with Gasteiger partial charge in [-0.05, 0) is 13.5 Å². The van der Waals surface area contributed by atoms with Gasteiger partial charge in [-0.3, -0.25) is 14.9 Å². The molecule has 0 aromatic heterocycles. The second-order valence-corrected chi connectivity index (χ2v) is 4.67. The first kappa shape index (κ1) is 12.5. The van der Waals surface area contributed by atoms with Gasteiger partial charge in [0.2, 0.25) is 11.8 Å². The summed E-state index contributed by atoms with van der Waals surface area (Å²) in [5.41, 5.74) is 0. The molecule has 0 aromatic rings. The number of carbonyl (C=O) groups excluding carboxylic acids is 2. The maximum atomic E-state index is 11.5. The second-order valence-electron chi connectivity index (χ2n) is 4.67. The number of ether oxygens (including phenoxy) is 1. The van der Waals surface area contributed by atoms with Crippen LogP contribution in [-0.2, 0) is 14.3 Å². The summed E-state index contributed by atoms with van der Waals surface area (Å²) in [7, 11) is 2.06. The van der Waals surface area contributed by atoms with Gasteiger partial charge in [0.15, 0.2) is 0 Å². The van der Waals surface area contributed by atoms with E-state index in [4.69, 9.17) is 4.74 Å². The minimum atomic E-state index is -0.261. The first-order chi connectivity index (χ1) is 8.15. The van der Waals surface area contributed by atoms with Crippen molar-refractivity contribution in [3.63, 3.8) is 0 Å². The molecule has 2 fully saturated rings. The van der Waals surface area contributed by atoms with Gasteiger partial charge < -0.3 is 15.0 Å². The van der Waals surface area contributed by atoms with Gasteiger partial charge in [0.25, 0.3) is 0 Å². The summed E-state index contributed by atoms with van der Waals surface area (Å²) in [5.74, 6) is -0.396. The van der Waals surface area contributed by atoms with Crippen LogP contribution in [-0.4, -0.2) is 62.1 Å². The molecule has 2 saturated heterocycles. The number of piperidine rings is 1. The molecular formula is C11H19N3O3. The van der Waals surface area contributed by atoms with Gasteiger partial charge in [-0.15, -0.1) is 0 Å². The summed E-state index contributed by atoms with van der Waals surface area (Å²) >= 11 is 0. The Kier molecular flexibility index (Phi) is 4.09. The predicted octanol–water partition coefficient (Wildman–Crippen LogP) is -1.29. The number of carbonyl (C=O) groups is 2. The van der Waals surface area contributed by atoms with Crippen LogP contribution < -0.4 is 10.6 Å². The molecule has 0 radical (unpaired) electrons. The summed E-state index contributed by atoms with van der Waals surface area (Å²) in [5, 5.41) is 5.50. The van der Waals surface area contributed by atoms with Crippen molar-refractivity contribution in [1.82, 2.24) is 15.5 Å². The van der Waals surface area contributed by atoms with E-state index in [1.54, 1.807) is 0 Å². The van der Waals surface area contributed by atoms with Crippen molar-refractivity contribution in [1.29, 1.82) is 0 Å². The van der Waals surface area contributed by atoms with Crippen LogP contribution in [0.15, 0.2) is 0 Å². The number of amides is 2. The molecule has 2 aliphatic rings. The SMILES string of the molecule is CN1CCOC(CNC2CCC(=O)NC2=O)C1. The molecule has 2 amide bonds. The summed E-state index contributed by atoms with van der Waals surface area (Å²) in [6.45, 7) is 3.21. The summed E-state index contributed by atoms with van der Waals surface area (Å²) in [6.07, 6.45) is 1.11. The first-order valence-corrected chi connectivity index (χ1v) is 6.02. The van der Waals surface area contributed by atoms with Crippen LogP contribution in [0.5, 0.6) is 0 Å². The van der Waals surface area contributed by atoms with E-state index in [1.807, 2.05) is 0 Å². The highest BCUT2D eigenvalue weighted by Gasteiger charge is 2.27. The third kappa shape index (κ3) is 3.49. The lowest BCUT2D eigenvalue weighted by atomic mass is 10.1. The topological polar surface area (TPSA) is 70.7 Å². The van der Waals surface area contributed by atoms with Gasteiger partial charge in [-0.25, -0.2) is 0 Å². The average molecular weight is 241 g/mol. The van der Waals surface area contributed by atoms with E-state index in [2.05, 4.69) is 22.6 Å². The van der Waals surface area contributed by atoms with Crippen molar-refractivity contribution in [2.75, 3.05) is 33.3 Å². The Morgan fingerprint density at radius 2 is 2.35 bits per heavy atom. The molecular weight excluding hydrogens is 222 g/mol.